The molecule has 0 saturated carbocycles. The highest BCUT2D eigenvalue weighted by Gasteiger charge is 2.30. The van der Waals surface area contributed by atoms with E-state index >= 15 is 0 Å². The van der Waals surface area contributed by atoms with Crippen molar-refractivity contribution in [2.75, 3.05) is 6.54 Å². The van der Waals surface area contributed by atoms with Gasteiger partial charge >= 0.3 is 0 Å². The van der Waals surface area contributed by atoms with Gasteiger partial charge in [0.2, 0.25) is 0 Å². The first-order chi connectivity index (χ1) is 10.3. The summed E-state index contributed by atoms with van der Waals surface area (Å²) in [7, 11) is 0. The van der Waals surface area contributed by atoms with E-state index in [4.69, 9.17) is 16.0 Å². The van der Waals surface area contributed by atoms with E-state index in [0.717, 1.165) is 31.4 Å². The molecule has 0 N–H and O–H groups in total. The van der Waals surface area contributed by atoms with Crippen molar-refractivity contribution in [2.24, 2.45) is 0 Å². The highest BCUT2D eigenvalue weighted by molar-refractivity contribution is 6.29. The molecule has 110 valence electrons. The fourth-order valence-corrected chi connectivity index (χ4v) is 2.87. The highest BCUT2D eigenvalue weighted by Crippen LogP contribution is 2.31. The van der Waals surface area contributed by atoms with Gasteiger partial charge in [0.15, 0.2) is 0 Å². The summed E-state index contributed by atoms with van der Waals surface area (Å²) >= 11 is 5.83. The van der Waals surface area contributed by atoms with E-state index < -0.39 is 0 Å². The van der Waals surface area contributed by atoms with Crippen molar-refractivity contribution in [3.8, 4) is 0 Å². The zero-order valence-electron chi connectivity index (χ0n) is 11.5. The SMILES string of the molecule is O=C(c1cncc(Cl)n1)N1CCCCC[C@H]1c1ccco1. The van der Waals surface area contributed by atoms with Gasteiger partial charge in [-0.05, 0) is 25.0 Å². The molecule has 2 aromatic heterocycles. The first-order valence-corrected chi connectivity index (χ1v) is 7.45. The summed E-state index contributed by atoms with van der Waals surface area (Å²) in [4.78, 5) is 22.6. The van der Waals surface area contributed by atoms with Crippen LogP contribution in [0.1, 0.15) is 48.0 Å². The van der Waals surface area contributed by atoms with Crippen LogP contribution >= 0.6 is 11.6 Å². The first kappa shape index (κ1) is 14.1. The van der Waals surface area contributed by atoms with Gasteiger partial charge in [0.05, 0.1) is 24.7 Å². The fraction of sp³-hybridized carbons (Fsp3) is 0.400. The second kappa shape index (κ2) is 6.26. The summed E-state index contributed by atoms with van der Waals surface area (Å²) in [5.41, 5.74) is 0.279. The minimum absolute atomic E-state index is 0.0456. The predicted molar refractivity (Wildman–Crippen MR) is 78.0 cm³/mol. The molecule has 21 heavy (non-hydrogen) atoms. The molecule has 6 heteroatoms. The van der Waals surface area contributed by atoms with Crippen LogP contribution in [0.5, 0.6) is 0 Å². The Labute approximate surface area is 127 Å². The van der Waals surface area contributed by atoms with Crippen LogP contribution in [-0.4, -0.2) is 27.3 Å². The maximum Gasteiger partial charge on any atom is 0.274 e. The zero-order chi connectivity index (χ0) is 14.7. The highest BCUT2D eigenvalue weighted by atomic mass is 35.5. The maximum absolute atomic E-state index is 12.7. The minimum atomic E-state index is -0.145. The van der Waals surface area contributed by atoms with Crippen LogP contribution in [0.2, 0.25) is 5.15 Å². The van der Waals surface area contributed by atoms with Crippen LogP contribution in [-0.2, 0) is 0 Å². The number of aromatic nitrogens is 2. The molecular formula is C15H16ClN3O2. The van der Waals surface area contributed by atoms with Gasteiger partial charge in [-0.1, -0.05) is 24.4 Å². The van der Waals surface area contributed by atoms with Crippen LogP contribution in [0.4, 0.5) is 0 Å². The molecule has 1 saturated heterocycles. The summed E-state index contributed by atoms with van der Waals surface area (Å²) in [6.07, 6.45) is 8.59. The molecule has 3 heterocycles. The fourth-order valence-electron chi connectivity index (χ4n) is 2.72. The van der Waals surface area contributed by atoms with Gasteiger partial charge in [-0.3, -0.25) is 9.78 Å². The van der Waals surface area contributed by atoms with Crippen molar-refractivity contribution in [3.63, 3.8) is 0 Å². The maximum atomic E-state index is 12.7. The number of carbonyl (C=O) groups is 1. The third-order valence-electron chi connectivity index (χ3n) is 3.71. The Balaban J connectivity index is 1.90. The van der Waals surface area contributed by atoms with E-state index in [2.05, 4.69) is 9.97 Å². The van der Waals surface area contributed by atoms with Crippen LogP contribution in [0.3, 0.4) is 0 Å². The molecule has 2 aromatic rings. The molecule has 0 radical (unpaired) electrons. The monoisotopic (exact) mass is 305 g/mol. The van der Waals surface area contributed by atoms with Crippen molar-refractivity contribution < 1.29 is 9.21 Å². The summed E-state index contributed by atoms with van der Waals surface area (Å²) < 4.78 is 5.51. The average Bonchev–Trinajstić information content (AvgIpc) is 2.91. The van der Waals surface area contributed by atoms with Gasteiger partial charge < -0.3 is 9.32 Å². The lowest BCUT2D eigenvalue weighted by Gasteiger charge is -2.28. The number of likely N-dealkylation sites (tertiary alicyclic amines) is 1. The van der Waals surface area contributed by atoms with Gasteiger partial charge in [0, 0.05) is 6.54 Å². The Kier molecular flexibility index (Phi) is 4.20. The normalized spacial score (nSPS) is 19.3. The molecule has 1 atom stereocenters. The van der Waals surface area contributed by atoms with E-state index in [0.29, 0.717) is 6.54 Å². The second-order valence-electron chi connectivity index (χ2n) is 5.11. The number of furan rings is 1. The molecule has 0 unspecified atom stereocenters. The third-order valence-corrected chi connectivity index (χ3v) is 3.89. The number of halogens is 1. The van der Waals surface area contributed by atoms with Crippen LogP contribution in [0, 0.1) is 0 Å². The van der Waals surface area contributed by atoms with Crippen molar-refractivity contribution >= 4 is 17.5 Å². The molecule has 1 amide bonds. The molecule has 3 rings (SSSR count). The van der Waals surface area contributed by atoms with Crippen LogP contribution in [0.15, 0.2) is 35.2 Å². The minimum Gasteiger partial charge on any atom is -0.467 e. The Morgan fingerprint density at radius 3 is 3.00 bits per heavy atom. The number of hydrogen-bond acceptors (Lipinski definition) is 4. The number of carbonyl (C=O) groups excluding carboxylic acids is 1. The molecule has 0 bridgehead atoms. The first-order valence-electron chi connectivity index (χ1n) is 7.07. The predicted octanol–water partition coefficient (Wildman–Crippen LogP) is 3.48. The largest absolute Gasteiger partial charge is 0.467 e. The van der Waals surface area contributed by atoms with Crippen LogP contribution < -0.4 is 0 Å². The third kappa shape index (κ3) is 3.08. The Morgan fingerprint density at radius 1 is 1.33 bits per heavy atom. The topological polar surface area (TPSA) is 59.2 Å². The van der Waals surface area contributed by atoms with E-state index in [1.54, 1.807) is 6.26 Å². The quantitative estimate of drug-likeness (QED) is 0.852. The number of amides is 1. The second-order valence-corrected chi connectivity index (χ2v) is 5.49. The van der Waals surface area contributed by atoms with Gasteiger partial charge in [0.25, 0.3) is 5.91 Å². The Morgan fingerprint density at radius 2 is 2.24 bits per heavy atom. The molecule has 1 fully saturated rings. The van der Waals surface area contributed by atoms with E-state index in [9.17, 15) is 4.79 Å². The van der Waals surface area contributed by atoms with E-state index in [-0.39, 0.29) is 22.8 Å². The van der Waals surface area contributed by atoms with Crippen molar-refractivity contribution in [3.05, 3.63) is 47.4 Å². The van der Waals surface area contributed by atoms with Gasteiger partial charge in [-0.25, -0.2) is 4.98 Å². The number of rotatable bonds is 2. The van der Waals surface area contributed by atoms with Gasteiger partial charge in [0.1, 0.15) is 16.6 Å². The molecular weight excluding hydrogens is 290 g/mol. The Bertz CT molecular complexity index is 615. The smallest absolute Gasteiger partial charge is 0.274 e. The lowest BCUT2D eigenvalue weighted by Crippen LogP contribution is -2.35. The van der Waals surface area contributed by atoms with Gasteiger partial charge in [-0.15, -0.1) is 0 Å². The average molecular weight is 306 g/mol. The number of nitrogens with zero attached hydrogens (tertiary/aromatic N) is 3. The molecule has 0 aliphatic carbocycles. The van der Waals surface area contributed by atoms with Crippen LogP contribution in [0.25, 0.3) is 0 Å². The molecule has 1 aliphatic rings. The molecule has 5 nitrogen and oxygen atoms in total. The summed E-state index contributed by atoms with van der Waals surface area (Å²) in [6, 6.07) is 3.72. The Hall–Kier alpha value is -1.88. The molecule has 1 aliphatic heterocycles. The summed E-state index contributed by atoms with van der Waals surface area (Å²) in [5, 5.41) is 0.227. The zero-order valence-corrected chi connectivity index (χ0v) is 12.3. The van der Waals surface area contributed by atoms with E-state index in [1.807, 2.05) is 17.0 Å². The van der Waals surface area contributed by atoms with Crippen molar-refractivity contribution in [2.45, 2.75) is 31.7 Å². The lowest BCUT2D eigenvalue weighted by molar-refractivity contribution is 0.0652. The summed E-state index contributed by atoms with van der Waals surface area (Å²) in [5.74, 6) is 0.675. The molecule has 0 aromatic carbocycles. The van der Waals surface area contributed by atoms with Crippen molar-refractivity contribution in [1.29, 1.82) is 0 Å². The van der Waals surface area contributed by atoms with Crippen molar-refractivity contribution in [1.82, 2.24) is 14.9 Å². The van der Waals surface area contributed by atoms with Gasteiger partial charge in [-0.2, -0.15) is 0 Å². The standard InChI is InChI=1S/C15H16ClN3O2/c16-14-10-17-9-11(18-14)15(20)19-7-3-1-2-5-12(19)13-6-4-8-21-13/h4,6,8-10,12H,1-3,5,7H2/t12-/m0/s1. The molecule has 0 spiro atoms. The number of hydrogen-bond donors (Lipinski definition) is 0. The summed E-state index contributed by atoms with van der Waals surface area (Å²) in [6.45, 7) is 0.693. The van der Waals surface area contributed by atoms with E-state index in [1.165, 1.54) is 12.4 Å². The lowest BCUT2D eigenvalue weighted by atomic mass is 10.1.